The number of carbonyl (C=O) groups is 2. The predicted octanol–water partition coefficient (Wildman–Crippen LogP) is 2.54. The molecule has 8 nitrogen and oxygen atoms in total. The molecular formula is C22H23N5O3. The van der Waals surface area contributed by atoms with Crippen molar-refractivity contribution in [2.75, 3.05) is 11.9 Å². The monoisotopic (exact) mass is 405 g/mol. The smallest absolute Gasteiger partial charge is 0.259 e. The number of amides is 2. The number of rotatable bonds is 5. The van der Waals surface area contributed by atoms with Gasteiger partial charge in [0.15, 0.2) is 0 Å². The zero-order valence-corrected chi connectivity index (χ0v) is 16.6. The third-order valence-corrected chi connectivity index (χ3v) is 5.39. The molecule has 30 heavy (non-hydrogen) atoms. The van der Waals surface area contributed by atoms with E-state index in [2.05, 4.69) is 20.7 Å². The van der Waals surface area contributed by atoms with E-state index in [1.807, 2.05) is 17.7 Å². The quantitative estimate of drug-likeness (QED) is 0.565. The number of fused-ring (bicyclic) bond motifs is 1. The van der Waals surface area contributed by atoms with Gasteiger partial charge in [-0.25, -0.2) is 0 Å². The summed E-state index contributed by atoms with van der Waals surface area (Å²) in [5, 5.41) is 20.1. The summed E-state index contributed by atoms with van der Waals surface area (Å²) in [6.07, 6.45) is 6.23. The minimum absolute atomic E-state index is 0.0281. The average Bonchev–Trinajstić information content (AvgIpc) is 3.18. The van der Waals surface area contributed by atoms with Gasteiger partial charge in [-0.05, 0) is 49.4 Å². The number of para-hydroxylation sites is 1. The van der Waals surface area contributed by atoms with E-state index in [-0.39, 0.29) is 23.5 Å². The number of anilines is 1. The number of aryl methyl sites for hydroxylation is 2. The van der Waals surface area contributed by atoms with Crippen LogP contribution in [0.3, 0.4) is 0 Å². The maximum absolute atomic E-state index is 12.9. The lowest BCUT2D eigenvalue weighted by molar-refractivity contribution is 0.0942. The van der Waals surface area contributed by atoms with Crippen molar-refractivity contribution in [1.29, 1.82) is 0 Å². The number of nitrogens with one attached hydrogen (secondary N) is 2. The molecule has 2 amide bonds. The molecule has 0 aliphatic carbocycles. The van der Waals surface area contributed by atoms with Crippen molar-refractivity contribution >= 4 is 17.5 Å². The Balaban J connectivity index is 1.43. The molecule has 1 aromatic carbocycles. The molecule has 1 aliphatic heterocycles. The van der Waals surface area contributed by atoms with Gasteiger partial charge in [0.25, 0.3) is 11.8 Å². The second kappa shape index (κ2) is 8.36. The molecule has 0 saturated carbocycles. The number of nitrogens with zero attached hydrogens (tertiary/aromatic N) is 3. The van der Waals surface area contributed by atoms with Crippen LogP contribution in [0.1, 0.15) is 38.4 Å². The fourth-order valence-corrected chi connectivity index (χ4v) is 3.69. The summed E-state index contributed by atoms with van der Waals surface area (Å²) in [6.45, 7) is 3.02. The number of phenols is 1. The number of hydrogen-bond acceptors (Lipinski definition) is 5. The van der Waals surface area contributed by atoms with E-state index in [9.17, 15) is 14.7 Å². The summed E-state index contributed by atoms with van der Waals surface area (Å²) in [5.74, 6) is -0.232. The van der Waals surface area contributed by atoms with Crippen molar-refractivity contribution in [3.8, 4) is 5.75 Å². The van der Waals surface area contributed by atoms with Crippen LogP contribution in [0, 0.1) is 12.8 Å². The predicted molar refractivity (Wildman–Crippen MR) is 111 cm³/mol. The Morgan fingerprint density at radius 1 is 1.20 bits per heavy atom. The summed E-state index contributed by atoms with van der Waals surface area (Å²) in [7, 11) is 0. The lowest BCUT2D eigenvalue weighted by Gasteiger charge is -2.24. The Kier molecular flexibility index (Phi) is 5.47. The van der Waals surface area contributed by atoms with E-state index in [1.165, 1.54) is 12.3 Å². The number of phenolic OH excluding ortho intramolecular Hbond substituents is 1. The highest BCUT2D eigenvalue weighted by Gasteiger charge is 2.26. The van der Waals surface area contributed by atoms with Gasteiger partial charge in [-0.3, -0.25) is 19.3 Å². The number of aromatic nitrogens is 3. The van der Waals surface area contributed by atoms with E-state index < -0.39 is 0 Å². The second-order valence-electron chi connectivity index (χ2n) is 7.46. The summed E-state index contributed by atoms with van der Waals surface area (Å²) >= 11 is 0. The van der Waals surface area contributed by atoms with Crippen molar-refractivity contribution in [2.45, 2.75) is 26.3 Å². The molecular weight excluding hydrogens is 382 g/mol. The molecule has 154 valence electrons. The highest BCUT2D eigenvalue weighted by atomic mass is 16.3. The summed E-state index contributed by atoms with van der Waals surface area (Å²) in [5.41, 5.74) is 3.03. The number of benzene rings is 1. The molecule has 1 aliphatic rings. The first kappa shape index (κ1) is 19.6. The number of pyridine rings is 1. The Labute approximate surface area is 174 Å². The molecule has 1 unspecified atom stereocenters. The molecule has 0 fully saturated rings. The van der Waals surface area contributed by atoms with Gasteiger partial charge in [-0.15, -0.1) is 0 Å². The van der Waals surface area contributed by atoms with Crippen molar-refractivity contribution in [1.82, 2.24) is 20.1 Å². The topological polar surface area (TPSA) is 109 Å². The van der Waals surface area contributed by atoms with Gasteiger partial charge in [0.1, 0.15) is 5.75 Å². The van der Waals surface area contributed by atoms with Crippen LogP contribution >= 0.6 is 0 Å². The standard InChI is InChI=1S/C22H23N5O3/c1-14-4-2-6-19(28)20(14)26-22(30)17-13-25-27-9-7-15(10-18(17)27)11-24-21(29)16-5-3-8-23-12-16/h2-6,8,12-13,15,28H,7,9-11H2,1H3,(H,24,29)(H,26,30). The number of carbonyl (C=O) groups excluding carboxylic acids is 2. The van der Waals surface area contributed by atoms with E-state index in [0.29, 0.717) is 36.3 Å². The molecule has 2 aromatic heterocycles. The maximum Gasteiger partial charge on any atom is 0.259 e. The van der Waals surface area contributed by atoms with Crippen LogP contribution in [0.2, 0.25) is 0 Å². The summed E-state index contributed by atoms with van der Waals surface area (Å²) in [4.78, 5) is 29.1. The van der Waals surface area contributed by atoms with Crippen LogP contribution in [0.25, 0.3) is 0 Å². The lowest BCUT2D eigenvalue weighted by atomic mass is 9.94. The van der Waals surface area contributed by atoms with Gasteiger partial charge in [0.2, 0.25) is 0 Å². The van der Waals surface area contributed by atoms with Gasteiger partial charge in [0, 0.05) is 25.5 Å². The van der Waals surface area contributed by atoms with Crippen molar-refractivity contribution in [3.63, 3.8) is 0 Å². The van der Waals surface area contributed by atoms with Crippen LogP contribution in [0.5, 0.6) is 5.75 Å². The van der Waals surface area contributed by atoms with Crippen LogP contribution in [-0.4, -0.2) is 38.2 Å². The van der Waals surface area contributed by atoms with E-state index >= 15 is 0 Å². The molecule has 1 atom stereocenters. The largest absolute Gasteiger partial charge is 0.506 e. The molecule has 4 rings (SSSR count). The van der Waals surface area contributed by atoms with Crippen LogP contribution in [0.4, 0.5) is 5.69 Å². The third kappa shape index (κ3) is 4.03. The fourth-order valence-electron chi connectivity index (χ4n) is 3.69. The molecule has 0 radical (unpaired) electrons. The van der Waals surface area contributed by atoms with E-state index in [1.54, 1.807) is 30.6 Å². The summed E-state index contributed by atoms with van der Waals surface area (Å²) in [6, 6.07) is 8.54. The Morgan fingerprint density at radius 3 is 2.83 bits per heavy atom. The van der Waals surface area contributed by atoms with Crippen LogP contribution in [-0.2, 0) is 13.0 Å². The number of aromatic hydroxyl groups is 1. The van der Waals surface area contributed by atoms with Crippen LogP contribution < -0.4 is 10.6 Å². The molecule has 3 aromatic rings. The van der Waals surface area contributed by atoms with Crippen molar-refractivity contribution in [2.24, 2.45) is 5.92 Å². The summed E-state index contributed by atoms with van der Waals surface area (Å²) < 4.78 is 1.84. The molecule has 0 spiro atoms. The third-order valence-electron chi connectivity index (χ3n) is 5.39. The van der Waals surface area contributed by atoms with E-state index in [4.69, 9.17) is 0 Å². The lowest BCUT2D eigenvalue weighted by Crippen LogP contribution is -2.33. The minimum atomic E-state index is -0.305. The first-order valence-corrected chi connectivity index (χ1v) is 9.85. The fraction of sp³-hybridized carbons (Fsp3) is 0.273. The van der Waals surface area contributed by atoms with Crippen molar-refractivity contribution < 1.29 is 14.7 Å². The van der Waals surface area contributed by atoms with Gasteiger partial charge < -0.3 is 15.7 Å². The Morgan fingerprint density at radius 2 is 2.07 bits per heavy atom. The van der Waals surface area contributed by atoms with Gasteiger partial charge in [-0.1, -0.05) is 12.1 Å². The van der Waals surface area contributed by atoms with E-state index in [0.717, 1.165) is 17.7 Å². The Hall–Kier alpha value is -3.68. The van der Waals surface area contributed by atoms with Gasteiger partial charge in [-0.2, -0.15) is 5.10 Å². The van der Waals surface area contributed by atoms with Crippen molar-refractivity contribution in [3.05, 3.63) is 71.3 Å². The normalized spacial score (nSPS) is 15.3. The maximum atomic E-state index is 12.9. The van der Waals surface area contributed by atoms with Crippen LogP contribution in [0.15, 0.2) is 48.9 Å². The zero-order valence-electron chi connectivity index (χ0n) is 16.6. The minimum Gasteiger partial charge on any atom is -0.506 e. The van der Waals surface area contributed by atoms with Gasteiger partial charge in [0.05, 0.1) is 28.7 Å². The highest BCUT2D eigenvalue weighted by Crippen LogP contribution is 2.28. The SMILES string of the molecule is Cc1cccc(O)c1NC(=O)c1cnn2c1CC(CNC(=O)c1cccnc1)CC2. The zero-order chi connectivity index (χ0) is 21.1. The average molecular weight is 405 g/mol. The molecule has 3 N–H and O–H groups in total. The molecule has 8 heteroatoms. The highest BCUT2D eigenvalue weighted by molar-refractivity contribution is 6.06. The number of hydrogen-bond donors (Lipinski definition) is 3. The van der Waals surface area contributed by atoms with Gasteiger partial charge >= 0.3 is 0 Å². The first-order chi connectivity index (χ1) is 14.5. The second-order valence-corrected chi connectivity index (χ2v) is 7.46. The Bertz CT molecular complexity index is 1060. The first-order valence-electron chi connectivity index (χ1n) is 9.85. The molecule has 0 bridgehead atoms. The molecule has 3 heterocycles. The molecule has 0 saturated heterocycles.